The summed E-state index contributed by atoms with van der Waals surface area (Å²) < 4.78 is 26.9. The van der Waals surface area contributed by atoms with Gasteiger partial charge in [-0.05, 0) is 37.1 Å². The molecule has 2 aromatic rings. The van der Waals surface area contributed by atoms with Crippen LogP contribution in [-0.2, 0) is 0 Å². The predicted octanol–water partition coefficient (Wildman–Crippen LogP) is 3.94. The normalized spacial score (nSPS) is 14.6. The molecule has 132 valence electrons. The standard InChI is InChI=1S/C19H21F2N3O/c1-13-4-3-5-14(2)18(13)23-8-10-24(11-9-23)19(25)22-17-12-15(20)6-7-16(17)21/h3-7,12H,8-11H2,1-2H3,(H,22,25). The lowest BCUT2D eigenvalue weighted by atomic mass is 10.1. The summed E-state index contributed by atoms with van der Waals surface area (Å²) in [5, 5.41) is 2.45. The molecule has 2 amide bonds. The van der Waals surface area contributed by atoms with E-state index in [0.717, 1.165) is 18.2 Å². The maximum absolute atomic E-state index is 13.7. The maximum Gasteiger partial charge on any atom is 0.322 e. The number of carbonyl (C=O) groups is 1. The van der Waals surface area contributed by atoms with E-state index in [0.29, 0.717) is 26.2 Å². The quantitative estimate of drug-likeness (QED) is 0.895. The highest BCUT2D eigenvalue weighted by Crippen LogP contribution is 2.25. The molecule has 0 saturated carbocycles. The Labute approximate surface area is 146 Å². The van der Waals surface area contributed by atoms with Crippen LogP contribution in [0.25, 0.3) is 0 Å². The molecule has 6 heteroatoms. The average Bonchev–Trinajstić information content (AvgIpc) is 2.58. The fourth-order valence-corrected chi connectivity index (χ4v) is 3.23. The highest BCUT2D eigenvalue weighted by Gasteiger charge is 2.23. The molecular formula is C19H21F2N3O. The highest BCUT2D eigenvalue weighted by atomic mass is 19.1. The summed E-state index contributed by atoms with van der Waals surface area (Å²) in [5.74, 6) is -1.24. The number of hydrogen-bond donors (Lipinski definition) is 1. The van der Waals surface area contributed by atoms with Crippen molar-refractivity contribution in [3.05, 3.63) is 59.2 Å². The number of aryl methyl sites for hydroxylation is 2. The van der Waals surface area contributed by atoms with Crippen LogP contribution in [0.1, 0.15) is 11.1 Å². The number of anilines is 2. The van der Waals surface area contributed by atoms with Gasteiger partial charge >= 0.3 is 6.03 Å². The van der Waals surface area contributed by atoms with Gasteiger partial charge in [-0.15, -0.1) is 0 Å². The Morgan fingerprint density at radius 3 is 2.28 bits per heavy atom. The van der Waals surface area contributed by atoms with E-state index < -0.39 is 17.7 Å². The molecule has 25 heavy (non-hydrogen) atoms. The van der Waals surface area contributed by atoms with Crippen molar-refractivity contribution >= 4 is 17.4 Å². The third-order valence-electron chi connectivity index (χ3n) is 4.49. The number of halogens is 2. The molecule has 1 aliphatic rings. The Morgan fingerprint density at radius 2 is 1.64 bits per heavy atom. The van der Waals surface area contributed by atoms with Gasteiger partial charge in [0.15, 0.2) is 0 Å². The lowest BCUT2D eigenvalue weighted by Gasteiger charge is -2.37. The zero-order chi connectivity index (χ0) is 18.0. The number of rotatable bonds is 2. The molecule has 0 spiro atoms. The van der Waals surface area contributed by atoms with E-state index in [-0.39, 0.29) is 5.69 Å². The predicted molar refractivity (Wildman–Crippen MR) is 95.1 cm³/mol. The summed E-state index contributed by atoms with van der Waals surface area (Å²) in [5.41, 5.74) is 3.49. The topological polar surface area (TPSA) is 35.6 Å². The Hall–Kier alpha value is -2.63. The van der Waals surface area contributed by atoms with Crippen LogP contribution < -0.4 is 10.2 Å². The smallest absolute Gasteiger partial charge is 0.322 e. The van der Waals surface area contributed by atoms with Crippen molar-refractivity contribution < 1.29 is 13.6 Å². The van der Waals surface area contributed by atoms with Crippen LogP contribution in [0.2, 0.25) is 0 Å². The molecule has 1 heterocycles. The summed E-state index contributed by atoms with van der Waals surface area (Å²) in [6, 6.07) is 8.79. The first kappa shape index (κ1) is 17.2. The maximum atomic E-state index is 13.7. The second-order valence-corrected chi connectivity index (χ2v) is 6.27. The number of amides is 2. The van der Waals surface area contributed by atoms with Crippen LogP contribution in [0.4, 0.5) is 25.0 Å². The number of benzene rings is 2. The van der Waals surface area contributed by atoms with Crippen LogP contribution in [0.5, 0.6) is 0 Å². The zero-order valence-electron chi connectivity index (χ0n) is 14.4. The minimum Gasteiger partial charge on any atom is -0.368 e. The molecular weight excluding hydrogens is 324 g/mol. The monoisotopic (exact) mass is 345 g/mol. The van der Waals surface area contributed by atoms with E-state index >= 15 is 0 Å². The minimum absolute atomic E-state index is 0.137. The molecule has 0 aromatic heterocycles. The lowest BCUT2D eigenvalue weighted by molar-refractivity contribution is 0.208. The number of para-hydroxylation sites is 1. The van der Waals surface area contributed by atoms with E-state index in [1.54, 1.807) is 4.90 Å². The Bertz CT molecular complexity index is 766. The Balaban J connectivity index is 1.64. The van der Waals surface area contributed by atoms with Crippen molar-refractivity contribution in [2.24, 2.45) is 0 Å². The van der Waals surface area contributed by atoms with Crippen molar-refractivity contribution in [1.29, 1.82) is 0 Å². The van der Waals surface area contributed by atoms with Gasteiger partial charge in [-0.3, -0.25) is 0 Å². The number of urea groups is 1. The van der Waals surface area contributed by atoms with Crippen molar-refractivity contribution in [2.45, 2.75) is 13.8 Å². The molecule has 1 fully saturated rings. The summed E-state index contributed by atoms with van der Waals surface area (Å²) in [7, 11) is 0. The average molecular weight is 345 g/mol. The van der Waals surface area contributed by atoms with E-state index in [1.807, 2.05) is 6.07 Å². The number of nitrogens with one attached hydrogen (secondary N) is 1. The van der Waals surface area contributed by atoms with Crippen molar-refractivity contribution in [3.63, 3.8) is 0 Å². The number of nitrogens with zero attached hydrogens (tertiary/aromatic N) is 2. The van der Waals surface area contributed by atoms with Crippen LogP contribution in [-0.4, -0.2) is 37.1 Å². The first-order valence-corrected chi connectivity index (χ1v) is 8.28. The van der Waals surface area contributed by atoms with Crippen LogP contribution in [0.15, 0.2) is 36.4 Å². The van der Waals surface area contributed by atoms with Crippen LogP contribution in [0, 0.1) is 25.5 Å². The molecule has 0 unspecified atom stereocenters. The number of hydrogen-bond acceptors (Lipinski definition) is 2. The summed E-state index contributed by atoms with van der Waals surface area (Å²) >= 11 is 0. The van der Waals surface area contributed by atoms with Gasteiger partial charge in [-0.1, -0.05) is 18.2 Å². The Kier molecular flexibility index (Phi) is 4.88. The van der Waals surface area contributed by atoms with Gasteiger partial charge in [0.1, 0.15) is 11.6 Å². The second kappa shape index (κ2) is 7.09. The summed E-state index contributed by atoms with van der Waals surface area (Å²) in [4.78, 5) is 16.2. The molecule has 4 nitrogen and oxygen atoms in total. The highest BCUT2D eigenvalue weighted by molar-refractivity contribution is 5.89. The van der Waals surface area contributed by atoms with Crippen molar-refractivity contribution in [3.8, 4) is 0 Å². The van der Waals surface area contributed by atoms with Gasteiger partial charge in [0, 0.05) is 37.9 Å². The van der Waals surface area contributed by atoms with Crippen LogP contribution in [0.3, 0.4) is 0 Å². The van der Waals surface area contributed by atoms with Gasteiger partial charge in [0.2, 0.25) is 0 Å². The first-order valence-electron chi connectivity index (χ1n) is 8.28. The van der Waals surface area contributed by atoms with E-state index in [4.69, 9.17) is 0 Å². The zero-order valence-corrected chi connectivity index (χ0v) is 14.4. The molecule has 1 N–H and O–H groups in total. The van der Waals surface area contributed by atoms with E-state index in [2.05, 4.69) is 36.2 Å². The third-order valence-corrected chi connectivity index (χ3v) is 4.49. The molecule has 0 radical (unpaired) electrons. The third kappa shape index (κ3) is 3.73. The van der Waals surface area contributed by atoms with Gasteiger partial charge in [0.05, 0.1) is 5.69 Å². The van der Waals surface area contributed by atoms with Gasteiger partial charge < -0.3 is 15.1 Å². The van der Waals surface area contributed by atoms with Gasteiger partial charge in [-0.25, -0.2) is 13.6 Å². The molecule has 2 aromatic carbocycles. The summed E-state index contributed by atoms with van der Waals surface area (Å²) in [6.07, 6.45) is 0. The van der Waals surface area contributed by atoms with E-state index in [9.17, 15) is 13.6 Å². The molecule has 0 bridgehead atoms. The SMILES string of the molecule is Cc1cccc(C)c1N1CCN(C(=O)Nc2cc(F)ccc2F)CC1. The molecule has 1 saturated heterocycles. The van der Waals surface area contributed by atoms with Crippen molar-refractivity contribution in [2.75, 3.05) is 36.4 Å². The van der Waals surface area contributed by atoms with E-state index in [1.165, 1.54) is 16.8 Å². The minimum atomic E-state index is -0.649. The first-order chi connectivity index (χ1) is 12.0. The number of piperazine rings is 1. The fraction of sp³-hybridized carbons (Fsp3) is 0.316. The van der Waals surface area contributed by atoms with Crippen LogP contribution >= 0.6 is 0 Å². The fourth-order valence-electron chi connectivity index (χ4n) is 3.23. The molecule has 1 aliphatic heterocycles. The summed E-state index contributed by atoms with van der Waals surface area (Å²) in [6.45, 7) is 6.60. The molecule has 0 aliphatic carbocycles. The molecule has 0 atom stereocenters. The Morgan fingerprint density at radius 1 is 1.00 bits per heavy atom. The van der Waals surface area contributed by atoms with Gasteiger partial charge in [-0.2, -0.15) is 0 Å². The molecule has 3 rings (SSSR count). The largest absolute Gasteiger partial charge is 0.368 e. The lowest BCUT2D eigenvalue weighted by Crippen LogP contribution is -2.50. The number of carbonyl (C=O) groups excluding carboxylic acids is 1. The second-order valence-electron chi connectivity index (χ2n) is 6.27. The van der Waals surface area contributed by atoms with Crippen molar-refractivity contribution in [1.82, 2.24) is 4.90 Å². The van der Waals surface area contributed by atoms with Gasteiger partial charge in [0.25, 0.3) is 0 Å².